The van der Waals surface area contributed by atoms with Crippen LogP contribution in [0.3, 0.4) is 0 Å². The summed E-state index contributed by atoms with van der Waals surface area (Å²) in [4.78, 5) is 36.2. The van der Waals surface area contributed by atoms with E-state index in [2.05, 4.69) is 29.8 Å². The zero-order chi connectivity index (χ0) is 19.6. The van der Waals surface area contributed by atoms with Crippen molar-refractivity contribution in [2.45, 2.75) is 65.1 Å². The number of piperidine rings is 1. The van der Waals surface area contributed by atoms with Crippen LogP contribution in [0.1, 0.15) is 52.5 Å². The standard InChI is InChI=1S/C21H32N4O2/c1-16(2)7-11-24-20(27)25(17(3)4)19(26)21(24)8-12-23(13-9-21)15-18-6-5-10-22-14-18/h5-6,10,14,16-17H,7-9,11-13,15H2,1-4H3. The topological polar surface area (TPSA) is 56.8 Å². The van der Waals surface area contributed by atoms with Gasteiger partial charge in [0.2, 0.25) is 0 Å². The van der Waals surface area contributed by atoms with Crippen LogP contribution in [-0.2, 0) is 11.3 Å². The Bertz CT molecular complexity index is 666. The highest BCUT2D eigenvalue weighted by Gasteiger charge is 2.58. The Labute approximate surface area is 162 Å². The van der Waals surface area contributed by atoms with Crippen LogP contribution in [-0.4, -0.2) is 62.8 Å². The number of nitrogens with zero attached hydrogens (tertiary/aromatic N) is 4. The van der Waals surface area contributed by atoms with Crippen molar-refractivity contribution < 1.29 is 9.59 Å². The Morgan fingerprint density at radius 2 is 1.85 bits per heavy atom. The van der Waals surface area contributed by atoms with Gasteiger partial charge in [0.05, 0.1) is 0 Å². The number of hydrogen-bond donors (Lipinski definition) is 0. The van der Waals surface area contributed by atoms with Crippen molar-refractivity contribution in [1.82, 2.24) is 19.7 Å². The molecule has 3 rings (SSSR count). The number of imide groups is 1. The molecule has 3 amide bonds. The number of amides is 3. The fourth-order valence-electron chi connectivity index (χ4n) is 4.21. The fourth-order valence-corrected chi connectivity index (χ4v) is 4.21. The summed E-state index contributed by atoms with van der Waals surface area (Å²) in [6, 6.07) is 3.83. The summed E-state index contributed by atoms with van der Waals surface area (Å²) in [7, 11) is 0. The molecule has 2 aliphatic rings. The van der Waals surface area contributed by atoms with E-state index in [1.165, 1.54) is 10.5 Å². The molecular weight excluding hydrogens is 340 g/mol. The summed E-state index contributed by atoms with van der Waals surface area (Å²) in [5.74, 6) is 0.510. The number of hydrogen-bond acceptors (Lipinski definition) is 4. The van der Waals surface area contributed by atoms with Crippen LogP contribution in [0.5, 0.6) is 0 Å². The Balaban J connectivity index is 1.75. The summed E-state index contributed by atoms with van der Waals surface area (Å²) in [5.41, 5.74) is 0.532. The molecule has 1 aromatic rings. The molecule has 2 fully saturated rings. The molecule has 3 heterocycles. The molecule has 1 spiro atoms. The first-order valence-corrected chi connectivity index (χ1v) is 10.1. The molecule has 0 bridgehead atoms. The third-order valence-corrected chi connectivity index (χ3v) is 5.83. The number of carbonyl (C=O) groups is 2. The van der Waals surface area contributed by atoms with E-state index in [1.807, 2.05) is 31.0 Å². The summed E-state index contributed by atoms with van der Waals surface area (Å²) in [5, 5.41) is 0. The van der Waals surface area contributed by atoms with Gasteiger partial charge in [-0.15, -0.1) is 0 Å². The molecule has 0 radical (unpaired) electrons. The number of carbonyl (C=O) groups excluding carboxylic acids is 2. The van der Waals surface area contributed by atoms with Crippen molar-refractivity contribution in [2.24, 2.45) is 5.92 Å². The van der Waals surface area contributed by atoms with E-state index in [0.29, 0.717) is 25.3 Å². The summed E-state index contributed by atoms with van der Waals surface area (Å²) >= 11 is 0. The Morgan fingerprint density at radius 3 is 2.41 bits per heavy atom. The predicted molar refractivity (Wildman–Crippen MR) is 105 cm³/mol. The molecule has 148 valence electrons. The smallest absolute Gasteiger partial charge is 0.309 e. The van der Waals surface area contributed by atoms with Gasteiger partial charge in [-0.3, -0.25) is 19.6 Å². The van der Waals surface area contributed by atoms with Gasteiger partial charge in [0.25, 0.3) is 5.91 Å². The molecule has 0 aliphatic carbocycles. The van der Waals surface area contributed by atoms with Crippen molar-refractivity contribution in [1.29, 1.82) is 0 Å². The summed E-state index contributed by atoms with van der Waals surface area (Å²) in [6.07, 6.45) is 6.01. The lowest BCUT2D eigenvalue weighted by molar-refractivity contribution is -0.136. The van der Waals surface area contributed by atoms with Gasteiger partial charge in [0.15, 0.2) is 0 Å². The van der Waals surface area contributed by atoms with Gasteiger partial charge in [0, 0.05) is 44.6 Å². The van der Waals surface area contributed by atoms with Crippen molar-refractivity contribution in [2.75, 3.05) is 19.6 Å². The molecule has 0 atom stereocenters. The maximum absolute atomic E-state index is 13.3. The molecule has 0 unspecified atom stereocenters. The molecule has 0 aromatic carbocycles. The van der Waals surface area contributed by atoms with Crippen LogP contribution in [0.4, 0.5) is 4.79 Å². The second kappa shape index (κ2) is 7.97. The van der Waals surface area contributed by atoms with Crippen LogP contribution in [0.25, 0.3) is 0 Å². The van der Waals surface area contributed by atoms with E-state index in [-0.39, 0.29) is 18.0 Å². The van der Waals surface area contributed by atoms with Gasteiger partial charge in [-0.1, -0.05) is 19.9 Å². The Hall–Kier alpha value is -1.95. The Kier molecular flexibility index (Phi) is 5.84. The number of likely N-dealkylation sites (tertiary alicyclic amines) is 1. The molecule has 6 nitrogen and oxygen atoms in total. The van der Waals surface area contributed by atoms with Crippen molar-refractivity contribution in [3.63, 3.8) is 0 Å². The van der Waals surface area contributed by atoms with Gasteiger partial charge >= 0.3 is 6.03 Å². The highest BCUT2D eigenvalue weighted by atomic mass is 16.2. The number of urea groups is 1. The van der Waals surface area contributed by atoms with E-state index < -0.39 is 5.54 Å². The van der Waals surface area contributed by atoms with E-state index in [1.54, 1.807) is 6.20 Å². The first kappa shape index (κ1) is 19.8. The van der Waals surface area contributed by atoms with Gasteiger partial charge in [-0.05, 0) is 50.7 Å². The van der Waals surface area contributed by atoms with Crippen molar-refractivity contribution in [3.8, 4) is 0 Å². The number of pyridine rings is 1. The lowest BCUT2D eigenvalue weighted by Gasteiger charge is -2.42. The average molecular weight is 373 g/mol. The number of aromatic nitrogens is 1. The van der Waals surface area contributed by atoms with Crippen molar-refractivity contribution >= 4 is 11.9 Å². The van der Waals surface area contributed by atoms with Gasteiger partial charge < -0.3 is 4.90 Å². The zero-order valence-electron chi connectivity index (χ0n) is 17.0. The van der Waals surface area contributed by atoms with E-state index in [0.717, 1.165) is 26.1 Å². The molecule has 0 saturated carbocycles. The minimum absolute atomic E-state index is 0.00674. The van der Waals surface area contributed by atoms with Crippen LogP contribution in [0, 0.1) is 5.92 Å². The third kappa shape index (κ3) is 3.86. The second-order valence-corrected chi connectivity index (χ2v) is 8.55. The van der Waals surface area contributed by atoms with E-state index >= 15 is 0 Å². The minimum atomic E-state index is -0.651. The SMILES string of the molecule is CC(C)CCN1C(=O)N(C(C)C)C(=O)C12CCN(Cc1cccnc1)CC2. The van der Waals surface area contributed by atoms with Gasteiger partial charge in [-0.25, -0.2) is 4.79 Å². The maximum Gasteiger partial charge on any atom is 0.327 e. The molecule has 1 aromatic heterocycles. The summed E-state index contributed by atoms with van der Waals surface area (Å²) < 4.78 is 0. The van der Waals surface area contributed by atoms with Crippen molar-refractivity contribution in [3.05, 3.63) is 30.1 Å². The summed E-state index contributed by atoms with van der Waals surface area (Å²) in [6.45, 7) is 11.3. The normalized spacial score (nSPS) is 20.5. The van der Waals surface area contributed by atoms with Crippen LogP contribution in [0.15, 0.2) is 24.5 Å². The first-order chi connectivity index (χ1) is 12.8. The van der Waals surface area contributed by atoms with Gasteiger partial charge in [0.1, 0.15) is 5.54 Å². The Morgan fingerprint density at radius 1 is 1.15 bits per heavy atom. The maximum atomic E-state index is 13.3. The zero-order valence-corrected chi connectivity index (χ0v) is 17.0. The van der Waals surface area contributed by atoms with Crippen LogP contribution in [0.2, 0.25) is 0 Å². The van der Waals surface area contributed by atoms with E-state index in [4.69, 9.17) is 0 Å². The molecular formula is C21H32N4O2. The molecule has 27 heavy (non-hydrogen) atoms. The molecule has 2 aliphatic heterocycles. The number of rotatable bonds is 6. The van der Waals surface area contributed by atoms with Crippen LogP contribution < -0.4 is 0 Å². The largest absolute Gasteiger partial charge is 0.327 e. The third-order valence-electron chi connectivity index (χ3n) is 5.83. The highest BCUT2D eigenvalue weighted by Crippen LogP contribution is 2.38. The lowest BCUT2D eigenvalue weighted by Crippen LogP contribution is -2.56. The molecule has 6 heteroatoms. The highest BCUT2D eigenvalue weighted by molar-refractivity contribution is 6.07. The lowest BCUT2D eigenvalue weighted by atomic mass is 9.85. The fraction of sp³-hybridized carbons (Fsp3) is 0.667. The second-order valence-electron chi connectivity index (χ2n) is 8.55. The monoisotopic (exact) mass is 372 g/mol. The predicted octanol–water partition coefficient (Wildman–Crippen LogP) is 3.13. The van der Waals surface area contributed by atoms with Crippen LogP contribution >= 0.6 is 0 Å². The van der Waals surface area contributed by atoms with Gasteiger partial charge in [-0.2, -0.15) is 0 Å². The quantitative estimate of drug-likeness (QED) is 0.720. The van der Waals surface area contributed by atoms with E-state index in [9.17, 15) is 9.59 Å². The molecule has 0 N–H and O–H groups in total. The molecule has 2 saturated heterocycles. The first-order valence-electron chi connectivity index (χ1n) is 10.1. The minimum Gasteiger partial charge on any atom is -0.309 e. The average Bonchev–Trinajstić information content (AvgIpc) is 2.83.